The summed E-state index contributed by atoms with van der Waals surface area (Å²) in [6.07, 6.45) is -1.57. The fourth-order valence-corrected chi connectivity index (χ4v) is 5.73. The number of aromatic nitrogens is 2. The molecule has 0 radical (unpaired) electrons. The van der Waals surface area contributed by atoms with Crippen molar-refractivity contribution in [2.45, 2.75) is 49.9 Å². The van der Waals surface area contributed by atoms with E-state index < -0.39 is 23.8 Å². The maximum atomic E-state index is 13.8. The molecule has 1 aromatic carbocycles. The van der Waals surface area contributed by atoms with Crippen LogP contribution in [0.2, 0.25) is 0 Å². The molecule has 0 spiro atoms. The van der Waals surface area contributed by atoms with Crippen LogP contribution in [0.3, 0.4) is 0 Å². The minimum absolute atomic E-state index is 0.105. The molecule has 4 fully saturated rings. The minimum atomic E-state index is -4.58. The van der Waals surface area contributed by atoms with Gasteiger partial charge in [0.1, 0.15) is 12.1 Å². The number of benzene rings is 1. The molecule has 4 atom stereocenters. The minimum Gasteiger partial charge on any atom is -0.391 e. The maximum Gasteiger partial charge on any atom is 0.418 e. The third-order valence-electron chi connectivity index (χ3n) is 7.85. The lowest BCUT2D eigenvalue weighted by atomic mass is 10.0. The molecule has 2 heterocycles. The Morgan fingerprint density at radius 3 is 2.55 bits per heavy atom. The number of aryl methyl sites for hydroxylation is 1. The van der Waals surface area contributed by atoms with Gasteiger partial charge in [-0.2, -0.15) is 13.2 Å². The number of amides is 2. The van der Waals surface area contributed by atoms with Crippen LogP contribution in [0, 0.1) is 11.8 Å². The van der Waals surface area contributed by atoms with Gasteiger partial charge in [0, 0.05) is 20.1 Å². The number of hydrogen-bond donors (Lipinski definition) is 1. The highest BCUT2D eigenvalue weighted by molar-refractivity contribution is 5.98. The predicted octanol–water partition coefficient (Wildman–Crippen LogP) is 2.52. The molecule has 1 unspecified atom stereocenters. The number of hydrogen-bond acceptors (Lipinski definition) is 4. The highest BCUT2D eigenvalue weighted by Crippen LogP contribution is 2.53. The summed E-state index contributed by atoms with van der Waals surface area (Å²) in [4.78, 5) is 33.2. The number of piperazine rings is 1. The van der Waals surface area contributed by atoms with E-state index in [4.69, 9.17) is 0 Å². The van der Waals surface area contributed by atoms with Crippen LogP contribution >= 0.6 is 0 Å². The monoisotopic (exact) mass is 462 g/mol. The quantitative estimate of drug-likeness (QED) is 0.761. The van der Waals surface area contributed by atoms with Crippen LogP contribution in [0.5, 0.6) is 0 Å². The highest BCUT2D eigenvalue weighted by Gasteiger charge is 2.55. The van der Waals surface area contributed by atoms with Gasteiger partial charge in [-0.25, -0.2) is 4.98 Å². The normalized spacial score (nSPS) is 29.7. The number of aliphatic hydroxyl groups is 1. The zero-order valence-electron chi connectivity index (χ0n) is 18.2. The second-order valence-corrected chi connectivity index (χ2v) is 9.97. The number of nitrogens with zero attached hydrogens (tertiary/aromatic N) is 4. The Hall–Kier alpha value is -2.62. The molecule has 2 amide bonds. The summed E-state index contributed by atoms with van der Waals surface area (Å²) in [7, 11) is 1.54. The van der Waals surface area contributed by atoms with Crippen LogP contribution in [-0.4, -0.2) is 68.1 Å². The van der Waals surface area contributed by atoms with Crippen molar-refractivity contribution < 1.29 is 27.9 Å². The zero-order valence-corrected chi connectivity index (χ0v) is 18.2. The van der Waals surface area contributed by atoms with E-state index in [0.717, 1.165) is 31.7 Å². The molecule has 7 nitrogen and oxygen atoms in total. The summed E-state index contributed by atoms with van der Waals surface area (Å²) in [6, 6.07) is 2.65. The predicted molar refractivity (Wildman–Crippen MR) is 111 cm³/mol. The molecule has 1 aromatic heterocycles. The van der Waals surface area contributed by atoms with E-state index in [2.05, 4.69) is 4.98 Å². The molecule has 1 N–H and O–H groups in total. The van der Waals surface area contributed by atoms with Gasteiger partial charge in [0.25, 0.3) is 5.91 Å². The van der Waals surface area contributed by atoms with Crippen molar-refractivity contribution in [3.05, 3.63) is 29.1 Å². The number of aliphatic hydroxyl groups excluding tert-OH is 1. The van der Waals surface area contributed by atoms with Crippen molar-refractivity contribution in [3.63, 3.8) is 0 Å². The molecule has 4 aliphatic rings. The molecular formula is C23H25F3N4O3. The first-order valence-corrected chi connectivity index (χ1v) is 11.5. The molecule has 1 aliphatic heterocycles. The third kappa shape index (κ3) is 3.33. The van der Waals surface area contributed by atoms with Crippen molar-refractivity contribution in [2.75, 3.05) is 19.6 Å². The fraction of sp³-hybridized carbons (Fsp3) is 0.609. The number of carbonyl (C=O) groups excluding carboxylic acids is 2. The molecule has 33 heavy (non-hydrogen) atoms. The van der Waals surface area contributed by atoms with E-state index in [1.165, 1.54) is 9.47 Å². The van der Waals surface area contributed by atoms with E-state index in [1.54, 1.807) is 18.0 Å². The fourth-order valence-electron chi connectivity index (χ4n) is 5.73. The Morgan fingerprint density at radius 1 is 1.18 bits per heavy atom. The molecule has 3 saturated carbocycles. The molecular weight excluding hydrogens is 437 g/mol. The van der Waals surface area contributed by atoms with Crippen molar-refractivity contribution in [1.82, 2.24) is 19.4 Å². The van der Waals surface area contributed by atoms with E-state index in [0.29, 0.717) is 18.0 Å². The van der Waals surface area contributed by atoms with E-state index >= 15 is 0 Å². The first-order valence-electron chi connectivity index (χ1n) is 11.5. The second kappa shape index (κ2) is 6.94. The SMILES string of the molecule is Cn1c(C(=O)N2CCN([C@H]3C[C@@H]4C[C@@H]4C3O)C(=O)C2)nc2c(C(F)(F)F)cc(C3CC3)cc21. The van der Waals surface area contributed by atoms with E-state index in [9.17, 15) is 27.9 Å². The summed E-state index contributed by atoms with van der Waals surface area (Å²) >= 11 is 0. The maximum absolute atomic E-state index is 13.8. The largest absolute Gasteiger partial charge is 0.418 e. The Bertz CT molecular complexity index is 1170. The first-order chi connectivity index (χ1) is 15.6. The van der Waals surface area contributed by atoms with Crippen LogP contribution < -0.4 is 0 Å². The topological polar surface area (TPSA) is 78.7 Å². The number of carbonyl (C=O) groups is 2. The Kier molecular flexibility index (Phi) is 4.41. The van der Waals surface area contributed by atoms with Gasteiger partial charge in [0.2, 0.25) is 5.91 Å². The lowest BCUT2D eigenvalue weighted by Gasteiger charge is -2.39. The summed E-state index contributed by atoms with van der Waals surface area (Å²) in [5.41, 5.74) is -0.177. The lowest BCUT2D eigenvalue weighted by molar-refractivity contribution is -0.140. The molecule has 1 saturated heterocycles. The van der Waals surface area contributed by atoms with Gasteiger partial charge in [0.15, 0.2) is 5.82 Å². The van der Waals surface area contributed by atoms with E-state index in [1.807, 2.05) is 0 Å². The van der Waals surface area contributed by atoms with Crippen LogP contribution in [0.4, 0.5) is 13.2 Å². The molecule has 10 heteroatoms. The van der Waals surface area contributed by atoms with Crippen LogP contribution in [0.1, 0.15) is 53.3 Å². The van der Waals surface area contributed by atoms with Crippen molar-refractivity contribution in [3.8, 4) is 0 Å². The number of imidazole rings is 1. The summed E-state index contributed by atoms with van der Waals surface area (Å²) in [5, 5.41) is 10.4. The third-order valence-corrected chi connectivity index (χ3v) is 7.85. The van der Waals surface area contributed by atoms with Crippen LogP contribution in [0.15, 0.2) is 12.1 Å². The lowest BCUT2D eigenvalue weighted by Crippen LogP contribution is -2.57. The summed E-state index contributed by atoms with van der Waals surface area (Å²) in [6.45, 7) is 0.390. The van der Waals surface area contributed by atoms with Crippen molar-refractivity contribution in [2.24, 2.45) is 18.9 Å². The summed E-state index contributed by atoms with van der Waals surface area (Å²) in [5.74, 6) is -0.0194. The standard InChI is InChI=1S/C23H25F3N4O3/c1-28-16-8-12(11-2-3-11)7-15(23(24,25)26)19(16)27-21(28)22(33)29-4-5-30(18(31)10-29)17-9-13-6-14(13)20(17)32/h7-8,11,13-14,17,20,32H,2-6,9-10H2,1H3/t13-,14-,17-,20?/m0/s1. The average molecular weight is 462 g/mol. The van der Waals surface area contributed by atoms with Gasteiger partial charge in [-0.15, -0.1) is 0 Å². The van der Waals surface area contributed by atoms with Crippen molar-refractivity contribution >= 4 is 22.8 Å². The van der Waals surface area contributed by atoms with Crippen molar-refractivity contribution in [1.29, 1.82) is 0 Å². The van der Waals surface area contributed by atoms with Gasteiger partial charge in [0.05, 0.1) is 23.2 Å². The summed E-state index contributed by atoms with van der Waals surface area (Å²) < 4.78 is 42.7. The van der Waals surface area contributed by atoms with Gasteiger partial charge < -0.3 is 19.5 Å². The molecule has 2 aromatic rings. The number of halogens is 3. The smallest absolute Gasteiger partial charge is 0.391 e. The molecule has 6 rings (SSSR count). The number of fused-ring (bicyclic) bond motifs is 2. The average Bonchev–Trinajstić information content (AvgIpc) is 3.68. The van der Waals surface area contributed by atoms with Crippen LogP contribution in [-0.2, 0) is 18.0 Å². The van der Waals surface area contributed by atoms with E-state index in [-0.39, 0.29) is 53.7 Å². The van der Waals surface area contributed by atoms with Gasteiger partial charge >= 0.3 is 6.18 Å². The van der Waals surface area contributed by atoms with Crippen LogP contribution in [0.25, 0.3) is 11.0 Å². The van der Waals surface area contributed by atoms with Gasteiger partial charge in [-0.05, 0) is 61.1 Å². The zero-order chi connectivity index (χ0) is 23.2. The molecule has 3 aliphatic carbocycles. The molecule has 0 bridgehead atoms. The van der Waals surface area contributed by atoms with Gasteiger partial charge in [-0.1, -0.05) is 0 Å². The molecule has 176 valence electrons. The Balaban J connectivity index is 1.27. The second-order valence-electron chi connectivity index (χ2n) is 9.97. The highest BCUT2D eigenvalue weighted by atomic mass is 19.4. The number of alkyl halides is 3. The number of rotatable bonds is 3. The first kappa shape index (κ1) is 20.9. The van der Waals surface area contributed by atoms with Gasteiger partial charge in [-0.3, -0.25) is 9.59 Å². The Labute approximate surface area is 188 Å². The Morgan fingerprint density at radius 2 is 1.94 bits per heavy atom.